The van der Waals surface area contributed by atoms with E-state index < -0.39 is 11.9 Å². The van der Waals surface area contributed by atoms with Gasteiger partial charge in [-0.2, -0.15) is 0 Å². The number of rotatable bonds is 6. The van der Waals surface area contributed by atoms with Gasteiger partial charge in [0.2, 0.25) is 0 Å². The van der Waals surface area contributed by atoms with Crippen LogP contribution in [0.25, 0.3) is 0 Å². The van der Waals surface area contributed by atoms with Gasteiger partial charge in [-0.15, -0.1) is 11.3 Å². The van der Waals surface area contributed by atoms with E-state index in [-0.39, 0.29) is 16.5 Å². The molecule has 0 bridgehead atoms. The number of anilines is 1. The van der Waals surface area contributed by atoms with E-state index in [1.807, 2.05) is 0 Å². The van der Waals surface area contributed by atoms with Crippen LogP contribution >= 0.6 is 11.3 Å². The van der Waals surface area contributed by atoms with Crippen molar-refractivity contribution >= 4 is 34.1 Å². The number of piperidine rings is 1. The number of nitrogens with one attached hydrogen (secondary N) is 1. The molecule has 2 aromatic rings. The first-order chi connectivity index (χ1) is 14.9. The highest BCUT2D eigenvalue weighted by molar-refractivity contribution is 7.18. The van der Waals surface area contributed by atoms with Crippen molar-refractivity contribution in [3.05, 3.63) is 39.8 Å². The predicted octanol–water partition coefficient (Wildman–Crippen LogP) is 3.74. The molecule has 31 heavy (non-hydrogen) atoms. The maximum absolute atomic E-state index is 13.0. The molecule has 0 radical (unpaired) electrons. The van der Waals surface area contributed by atoms with Gasteiger partial charge in [0.05, 0.1) is 31.8 Å². The number of methoxy groups -OCH3 is 3. The van der Waals surface area contributed by atoms with Crippen molar-refractivity contribution in [3.8, 4) is 11.5 Å². The normalized spacial score (nSPS) is 13.5. The van der Waals surface area contributed by atoms with Gasteiger partial charge < -0.3 is 24.4 Å². The van der Waals surface area contributed by atoms with Crippen LogP contribution in [-0.4, -0.2) is 57.1 Å². The molecule has 166 valence electrons. The summed E-state index contributed by atoms with van der Waals surface area (Å²) >= 11 is 1.09. The van der Waals surface area contributed by atoms with Crippen molar-refractivity contribution in [2.24, 2.45) is 0 Å². The second-order valence-corrected chi connectivity index (χ2v) is 8.15. The molecule has 0 saturated carbocycles. The van der Waals surface area contributed by atoms with Crippen LogP contribution in [0.2, 0.25) is 0 Å². The molecule has 1 aromatic heterocycles. The van der Waals surface area contributed by atoms with Gasteiger partial charge in [-0.3, -0.25) is 9.59 Å². The molecule has 1 N–H and O–H groups in total. The van der Waals surface area contributed by atoms with E-state index >= 15 is 0 Å². The van der Waals surface area contributed by atoms with Crippen LogP contribution in [-0.2, 0) is 4.74 Å². The monoisotopic (exact) mass is 446 g/mol. The van der Waals surface area contributed by atoms with Crippen molar-refractivity contribution in [2.45, 2.75) is 26.2 Å². The van der Waals surface area contributed by atoms with E-state index in [1.54, 1.807) is 30.0 Å². The Kier molecular flexibility index (Phi) is 7.17. The second-order valence-electron chi connectivity index (χ2n) is 7.13. The number of thiophene rings is 1. The van der Waals surface area contributed by atoms with Gasteiger partial charge >= 0.3 is 5.97 Å². The second kappa shape index (κ2) is 9.82. The number of likely N-dealkylation sites (tertiary alicyclic amines) is 1. The Bertz CT molecular complexity index is 994. The number of nitrogens with zero attached hydrogens (tertiary/aromatic N) is 1. The minimum Gasteiger partial charge on any atom is -0.493 e. The Morgan fingerprint density at radius 1 is 1.00 bits per heavy atom. The molecular formula is C22H26N2O6S. The summed E-state index contributed by atoms with van der Waals surface area (Å²) in [6.45, 7) is 3.08. The number of benzene rings is 1. The summed E-state index contributed by atoms with van der Waals surface area (Å²) in [4.78, 5) is 40.6. The van der Waals surface area contributed by atoms with Gasteiger partial charge in [-0.25, -0.2) is 4.79 Å². The van der Waals surface area contributed by atoms with E-state index in [1.165, 1.54) is 21.3 Å². The van der Waals surface area contributed by atoms with Crippen LogP contribution in [0.1, 0.15) is 55.2 Å². The molecule has 0 aliphatic carbocycles. The van der Waals surface area contributed by atoms with Gasteiger partial charge in [0.15, 0.2) is 11.5 Å². The summed E-state index contributed by atoms with van der Waals surface area (Å²) in [6, 6.07) is 4.76. The molecule has 3 rings (SSSR count). The van der Waals surface area contributed by atoms with Crippen molar-refractivity contribution in [1.82, 2.24) is 4.90 Å². The van der Waals surface area contributed by atoms with Crippen molar-refractivity contribution in [1.29, 1.82) is 0 Å². The molecule has 0 unspecified atom stereocenters. The lowest BCUT2D eigenvalue weighted by Crippen LogP contribution is -2.35. The van der Waals surface area contributed by atoms with E-state index in [2.05, 4.69) is 5.32 Å². The SMILES string of the molecule is COC(=O)c1c(NC(=O)c2ccc(OC)c(OC)c2)sc(C(=O)N2CCCCC2)c1C. The lowest BCUT2D eigenvalue weighted by Gasteiger charge is -2.26. The molecule has 2 heterocycles. The molecule has 0 atom stereocenters. The number of esters is 1. The zero-order valence-electron chi connectivity index (χ0n) is 18.1. The Hall–Kier alpha value is -3.07. The standard InChI is InChI=1S/C22H26N2O6S/c1-13-17(22(27)30-4)20(31-18(13)21(26)24-10-6-5-7-11-24)23-19(25)14-8-9-15(28-2)16(12-14)29-3/h8-9,12H,5-7,10-11H2,1-4H3,(H,23,25). The average molecular weight is 447 g/mol. The Morgan fingerprint density at radius 2 is 1.68 bits per heavy atom. The fraction of sp³-hybridized carbons (Fsp3) is 0.409. The highest BCUT2D eigenvalue weighted by atomic mass is 32.1. The number of hydrogen-bond acceptors (Lipinski definition) is 7. The average Bonchev–Trinajstić information content (AvgIpc) is 3.13. The number of hydrogen-bond donors (Lipinski definition) is 1. The van der Waals surface area contributed by atoms with E-state index in [9.17, 15) is 14.4 Å². The largest absolute Gasteiger partial charge is 0.493 e. The molecule has 9 heteroatoms. The highest BCUT2D eigenvalue weighted by Gasteiger charge is 2.29. The summed E-state index contributed by atoms with van der Waals surface area (Å²) in [7, 11) is 4.26. The fourth-order valence-corrected chi connectivity index (χ4v) is 4.70. The van der Waals surface area contributed by atoms with E-state index in [0.717, 1.165) is 30.6 Å². The van der Waals surface area contributed by atoms with Crippen LogP contribution in [0.4, 0.5) is 5.00 Å². The minimum absolute atomic E-state index is 0.126. The number of amides is 2. The lowest BCUT2D eigenvalue weighted by molar-refractivity contribution is 0.0601. The number of ether oxygens (including phenoxy) is 3. The molecule has 0 spiro atoms. The Labute approximate surface area is 185 Å². The maximum atomic E-state index is 13.0. The number of carbonyl (C=O) groups is 3. The van der Waals surface area contributed by atoms with Crippen LogP contribution in [0.15, 0.2) is 18.2 Å². The van der Waals surface area contributed by atoms with Crippen molar-refractivity contribution < 1.29 is 28.6 Å². The molecule has 1 aliphatic rings. The van der Waals surface area contributed by atoms with Crippen molar-refractivity contribution in [3.63, 3.8) is 0 Å². The molecule has 1 aliphatic heterocycles. The topological polar surface area (TPSA) is 94.2 Å². The predicted molar refractivity (Wildman–Crippen MR) is 118 cm³/mol. The Morgan fingerprint density at radius 3 is 2.29 bits per heavy atom. The zero-order chi connectivity index (χ0) is 22.5. The maximum Gasteiger partial charge on any atom is 0.341 e. The van der Waals surface area contributed by atoms with Gasteiger partial charge in [0, 0.05) is 18.7 Å². The fourth-order valence-electron chi connectivity index (χ4n) is 3.55. The van der Waals surface area contributed by atoms with Gasteiger partial charge in [-0.05, 0) is 49.9 Å². The molecule has 8 nitrogen and oxygen atoms in total. The first kappa shape index (κ1) is 22.6. The minimum atomic E-state index is -0.603. The smallest absolute Gasteiger partial charge is 0.341 e. The van der Waals surface area contributed by atoms with Gasteiger partial charge in [0.1, 0.15) is 5.00 Å². The van der Waals surface area contributed by atoms with Crippen LogP contribution in [0.5, 0.6) is 11.5 Å². The summed E-state index contributed by atoms with van der Waals surface area (Å²) in [5.41, 5.74) is 1.03. The summed E-state index contributed by atoms with van der Waals surface area (Å²) in [6.07, 6.45) is 3.03. The van der Waals surface area contributed by atoms with Crippen LogP contribution in [0.3, 0.4) is 0 Å². The first-order valence-electron chi connectivity index (χ1n) is 9.95. The molecule has 1 saturated heterocycles. The third-order valence-electron chi connectivity index (χ3n) is 5.25. The van der Waals surface area contributed by atoms with Crippen molar-refractivity contribution in [2.75, 3.05) is 39.7 Å². The zero-order valence-corrected chi connectivity index (χ0v) is 18.9. The van der Waals surface area contributed by atoms with E-state index in [4.69, 9.17) is 14.2 Å². The van der Waals surface area contributed by atoms with E-state index in [0.29, 0.717) is 40.6 Å². The third kappa shape index (κ3) is 4.66. The number of carbonyl (C=O) groups excluding carboxylic acids is 3. The first-order valence-corrected chi connectivity index (χ1v) is 10.8. The van der Waals surface area contributed by atoms with Crippen LogP contribution in [0, 0.1) is 6.92 Å². The summed E-state index contributed by atoms with van der Waals surface area (Å²) in [5, 5.41) is 3.04. The van der Waals surface area contributed by atoms with Gasteiger partial charge in [-0.1, -0.05) is 0 Å². The Balaban J connectivity index is 1.93. The molecule has 2 amide bonds. The third-order valence-corrected chi connectivity index (χ3v) is 6.44. The van der Waals surface area contributed by atoms with Gasteiger partial charge in [0.25, 0.3) is 11.8 Å². The highest BCUT2D eigenvalue weighted by Crippen LogP contribution is 2.36. The van der Waals surface area contributed by atoms with Crippen LogP contribution < -0.4 is 14.8 Å². The quantitative estimate of drug-likeness (QED) is 0.680. The molecule has 1 aromatic carbocycles. The molecule has 1 fully saturated rings. The summed E-state index contributed by atoms with van der Waals surface area (Å²) < 4.78 is 15.4. The molecular weight excluding hydrogens is 420 g/mol. The summed E-state index contributed by atoms with van der Waals surface area (Å²) in [5.74, 6) is -0.264. The lowest BCUT2D eigenvalue weighted by atomic mass is 10.1.